The third kappa shape index (κ3) is 5.70. The summed E-state index contributed by atoms with van der Waals surface area (Å²) in [5.41, 5.74) is 5.84. The summed E-state index contributed by atoms with van der Waals surface area (Å²) in [4.78, 5) is 1.93. The van der Waals surface area contributed by atoms with Crippen LogP contribution in [-0.2, 0) is 0 Å². The molecule has 0 aromatic rings. The van der Waals surface area contributed by atoms with E-state index in [1.165, 1.54) is 0 Å². The minimum Gasteiger partial charge on any atom is -0.328 e. The van der Waals surface area contributed by atoms with Gasteiger partial charge >= 0.3 is 0 Å². The van der Waals surface area contributed by atoms with Gasteiger partial charge in [0.2, 0.25) is 0 Å². The molecule has 0 aliphatic rings. The Labute approximate surface area is 98.6 Å². The highest BCUT2D eigenvalue weighted by molar-refractivity contribution is 4.94. The summed E-state index contributed by atoms with van der Waals surface area (Å²) < 4.78 is 0. The molecule has 4 nitrogen and oxygen atoms in total. The molecule has 0 saturated heterocycles. The van der Waals surface area contributed by atoms with Gasteiger partial charge < -0.3 is 5.73 Å². The van der Waals surface area contributed by atoms with Crippen LogP contribution in [0.2, 0.25) is 0 Å². The Morgan fingerprint density at radius 2 is 1.94 bits per heavy atom. The molecule has 2 unspecified atom stereocenters. The fourth-order valence-electron chi connectivity index (χ4n) is 1.57. The number of nitriles is 2. The summed E-state index contributed by atoms with van der Waals surface area (Å²) in [5.74, 6) is 0. The molecule has 0 saturated carbocycles. The molecule has 0 aromatic carbocycles. The Balaban J connectivity index is 4.25. The van der Waals surface area contributed by atoms with E-state index in [0.29, 0.717) is 6.54 Å². The Kier molecular flexibility index (Phi) is 8.52. The van der Waals surface area contributed by atoms with Crippen molar-refractivity contribution in [2.45, 2.75) is 51.6 Å². The van der Waals surface area contributed by atoms with Gasteiger partial charge in [-0.3, -0.25) is 4.90 Å². The number of nitrogens with two attached hydrogens (primary N) is 1. The molecule has 0 fully saturated rings. The van der Waals surface area contributed by atoms with Crippen molar-refractivity contribution >= 4 is 0 Å². The van der Waals surface area contributed by atoms with E-state index in [2.05, 4.69) is 12.1 Å². The molecule has 0 aliphatic heterocycles. The van der Waals surface area contributed by atoms with Gasteiger partial charge in [-0.1, -0.05) is 20.3 Å². The first-order valence-corrected chi connectivity index (χ1v) is 5.95. The van der Waals surface area contributed by atoms with Crippen LogP contribution < -0.4 is 5.73 Å². The Bertz CT molecular complexity index is 251. The maximum atomic E-state index is 9.04. The van der Waals surface area contributed by atoms with Gasteiger partial charge in [0.25, 0.3) is 0 Å². The monoisotopic (exact) mass is 222 g/mol. The van der Waals surface area contributed by atoms with Gasteiger partial charge in [0.1, 0.15) is 0 Å². The largest absolute Gasteiger partial charge is 0.328 e. The van der Waals surface area contributed by atoms with Gasteiger partial charge in [0, 0.05) is 12.6 Å². The fourth-order valence-corrected chi connectivity index (χ4v) is 1.57. The van der Waals surface area contributed by atoms with Crippen molar-refractivity contribution in [3.8, 4) is 12.1 Å². The van der Waals surface area contributed by atoms with Crippen molar-refractivity contribution < 1.29 is 0 Å². The van der Waals surface area contributed by atoms with E-state index in [4.69, 9.17) is 16.3 Å². The van der Waals surface area contributed by atoms with Crippen LogP contribution in [0.3, 0.4) is 0 Å². The van der Waals surface area contributed by atoms with Gasteiger partial charge in [0.15, 0.2) is 0 Å². The van der Waals surface area contributed by atoms with Gasteiger partial charge in [-0.25, -0.2) is 0 Å². The van der Waals surface area contributed by atoms with Crippen molar-refractivity contribution in [1.82, 2.24) is 4.90 Å². The number of nitrogens with zero attached hydrogens (tertiary/aromatic N) is 3. The van der Waals surface area contributed by atoms with Gasteiger partial charge in [-0.15, -0.1) is 0 Å². The molecule has 4 heteroatoms. The summed E-state index contributed by atoms with van der Waals surface area (Å²) in [6.07, 6.45) is 3.56. The lowest BCUT2D eigenvalue weighted by Gasteiger charge is -2.25. The van der Waals surface area contributed by atoms with Crippen LogP contribution in [0.4, 0.5) is 0 Å². The molecule has 0 aliphatic carbocycles. The smallest absolute Gasteiger partial charge is 0.0986 e. The van der Waals surface area contributed by atoms with Crippen LogP contribution in [0.1, 0.15) is 39.5 Å². The Hall–Kier alpha value is -1.10. The molecule has 2 N–H and O–H groups in total. The van der Waals surface area contributed by atoms with Crippen molar-refractivity contribution in [1.29, 1.82) is 10.5 Å². The van der Waals surface area contributed by atoms with E-state index in [9.17, 15) is 0 Å². The zero-order valence-corrected chi connectivity index (χ0v) is 10.3. The molecule has 0 aromatic heterocycles. The van der Waals surface area contributed by atoms with Crippen LogP contribution in [0, 0.1) is 22.7 Å². The average Bonchev–Trinajstić information content (AvgIpc) is 2.31. The van der Waals surface area contributed by atoms with Crippen LogP contribution in [0.25, 0.3) is 0 Å². The van der Waals surface area contributed by atoms with Crippen molar-refractivity contribution in [2.24, 2.45) is 5.73 Å². The maximum Gasteiger partial charge on any atom is 0.0986 e. The molecule has 0 rings (SSSR count). The molecule has 0 bridgehead atoms. The summed E-state index contributed by atoms with van der Waals surface area (Å²) in [6, 6.07) is 4.40. The summed E-state index contributed by atoms with van der Waals surface area (Å²) >= 11 is 0. The molecule has 16 heavy (non-hydrogen) atoms. The second kappa shape index (κ2) is 9.15. The standard InChI is InChI=1S/C12H22N4/c1-3-5-12(10-14)16(9-7-13)8-6-11(15)4-2/h11-12H,3-6,8-9,15H2,1-2H3. The third-order valence-electron chi connectivity index (χ3n) is 2.74. The second-order valence-corrected chi connectivity index (χ2v) is 4.02. The second-order valence-electron chi connectivity index (χ2n) is 4.02. The van der Waals surface area contributed by atoms with Gasteiger partial charge in [-0.05, 0) is 19.3 Å². The van der Waals surface area contributed by atoms with E-state index >= 15 is 0 Å². The quantitative estimate of drug-likeness (QED) is 0.633. The molecule has 0 amide bonds. The van der Waals surface area contributed by atoms with Gasteiger partial charge in [0.05, 0.1) is 24.7 Å². The molecular weight excluding hydrogens is 200 g/mol. The molecule has 90 valence electrons. The summed E-state index contributed by atoms with van der Waals surface area (Å²) in [5, 5.41) is 17.8. The number of hydrogen-bond acceptors (Lipinski definition) is 4. The highest BCUT2D eigenvalue weighted by atomic mass is 15.1. The van der Waals surface area contributed by atoms with Crippen molar-refractivity contribution in [3.63, 3.8) is 0 Å². The lowest BCUT2D eigenvalue weighted by atomic mass is 10.1. The third-order valence-corrected chi connectivity index (χ3v) is 2.74. The first-order chi connectivity index (χ1) is 7.69. The lowest BCUT2D eigenvalue weighted by Crippen LogP contribution is -2.37. The summed E-state index contributed by atoms with van der Waals surface area (Å²) in [6.45, 7) is 5.15. The fraction of sp³-hybridized carbons (Fsp3) is 0.833. The van der Waals surface area contributed by atoms with Crippen LogP contribution in [0.5, 0.6) is 0 Å². The first kappa shape index (κ1) is 14.9. The number of hydrogen-bond donors (Lipinski definition) is 1. The number of rotatable bonds is 8. The topological polar surface area (TPSA) is 76.8 Å². The van der Waals surface area contributed by atoms with Crippen LogP contribution in [-0.4, -0.2) is 30.1 Å². The van der Waals surface area contributed by atoms with E-state index < -0.39 is 0 Å². The Morgan fingerprint density at radius 3 is 2.38 bits per heavy atom. The molecule has 0 spiro atoms. The highest BCUT2D eigenvalue weighted by Crippen LogP contribution is 2.08. The molecule has 2 atom stereocenters. The van der Waals surface area contributed by atoms with Gasteiger partial charge in [-0.2, -0.15) is 10.5 Å². The summed E-state index contributed by atoms with van der Waals surface area (Å²) in [7, 11) is 0. The molecular formula is C12H22N4. The van der Waals surface area contributed by atoms with Crippen LogP contribution >= 0.6 is 0 Å². The molecule has 0 heterocycles. The van der Waals surface area contributed by atoms with E-state index in [1.807, 2.05) is 18.7 Å². The van der Waals surface area contributed by atoms with E-state index in [0.717, 1.165) is 32.2 Å². The lowest BCUT2D eigenvalue weighted by molar-refractivity contribution is 0.240. The normalized spacial score (nSPS) is 14.1. The Morgan fingerprint density at radius 1 is 1.25 bits per heavy atom. The zero-order chi connectivity index (χ0) is 12.4. The predicted molar refractivity (Wildman–Crippen MR) is 64.4 cm³/mol. The zero-order valence-electron chi connectivity index (χ0n) is 10.3. The van der Waals surface area contributed by atoms with Crippen molar-refractivity contribution in [2.75, 3.05) is 13.1 Å². The SMILES string of the molecule is CCCC(C#N)N(CC#N)CCC(N)CC. The minimum absolute atomic E-state index is 0.145. The van der Waals surface area contributed by atoms with Crippen LogP contribution in [0.15, 0.2) is 0 Å². The van der Waals surface area contributed by atoms with Crippen molar-refractivity contribution in [3.05, 3.63) is 0 Å². The van der Waals surface area contributed by atoms with E-state index in [-0.39, 0.29) is 12.1 Å². The first-order valence-electron chi connectivity index (χ1n) is 5.95. The average molecular weight is 222 g/mol. The minimum atomic E-state index is -0.145. The predicted octanol–water partition coefficient (Wildman–Crippen LogP) is 1.63. The highest BCUT2D eigenvalue weighted by Gasteiger charge is 2.17. The maximum absolute atomic E-state index is 9.04. The molecule has 0 radical (unpaired) electrons. The van der Waals surface area contributed by atoms with E-state index in [1.54, 1.807) is 0 Å².